The number of carbonyl (C=O) groups is 2. The van der Waals surface area contributed by atoms with E-state index in [9.17, 15) is 19.3 Å². The molecule has 2 atom stereocenters. The van der Waals surface area contributed by atoms with Gasteiger partial charge in [-0.15, -0.1) is 0 Å². The first-order valence-corrected chi connectivity index (χ1v) is 11.5. The third-order valence-electron chi connectivity index (χ3n) is 4.28. The standard InChI is InChI=1S/C20H23BrNO7P/c1-27-30(26,28-2)18(21)16-10-8-14(9-11-16)12-17(19(23)24)22-20(25)29-13-15-6-4-3-5-7-15/h3-11,17-18H,12-13H2,1-2H3,(H,22,25)(H,23,24). The van der Waals surface area contributed by atoms with E-state index in [1.165, 1.54) is 14.2 Å². The topological polar surface area (TPSA) is 111 Å². The summed E-state index contributed by atoms with van der Waals surface area (Å²) in [5.41, 5.74) is 2.11. The van der Waals surface area contributed by atoms with E-state index >= 15 is 0 Å². The largest absolute Gasteiger partial charge is 0.480 e. The zero-order valence-corrected chi connectivity index (χ0v) is 19.0. The molecule has 2 unspecified atom stereocenters. The van der Waals surface area contributed by atoms with Crippen molar-refractivity contribution < 1.29 is 33.0 Å². The summed E-state index contributed by atoms with van der Waals surface area (Å²) < 4.78 is 26.8. The minimum Gasteiger partial charge on any atom is -0.480 e. The summed E-state index contributed by atoms with van der Waals surface area (Å²) in [5, 5.41) is 11.8. The van der Waals surface area contributed by atoms with Crippen LogP contribution in [-0.2, 0) is 36.2 Å². The molecule has 10 heteroatoms. The Morgan fingerprint density at radius 1 is 1.03 bits per heavy atom. The van der Waals surface area contributed by atoms with Gasteiger partial charge in [-0.2, -0.15) is 0 Å². The van der Waals surface area contributed by atoms with Crippen molar-refractivity contribution >= 4 is 35.6 Å². The summed E-state index contributed by atoms with van der Waals surface area (Å²) in [5.74, 6) is -1.18. The maximum Gasteiger partial charge on any atom is 0.408 e. The lowest BCUT2D eigenvalue weighted by Crippen LogP contribution is -2.42. The first-order chi connectivity index (χ1) is 14.3. The Bertz CT molecular complexity index is 884. The van der Waals surface area contributed by atoms with Gasteiger partial charge in [0, 0.05) is 20.6 Å². The molecule has 0 aliphatic heterocycles. The number of amides is 1. The van der Waals surface area contributed by atoms with Gasteiger partial charge in [0.1, 0.15) is 17.2 Å². The lowest BCUT2D eigenvalue weighted by Gasteiger charge is -2.20. The van der Waals surface area contributed by atoms with Gasteiger partial charge in [-0.3, -0.25) is 4.57 Å². The number of aliphatic carboxylic acids is 1. The maximum absolute atomic E-state index is 12.5. The van der Waals surface area contributed by atoms with Crippen LogP contribution in [0, 0.1) is 0 Å². The molecule has 0 spiro atoms. The average Bonchev–Trinajstić information content (AvgIpc) is 2.77. The van der Waals surface area contributed by atoms with Gasteiger partial charge in [0.25, 0.3) is 0 Å². The second-order valence-corrected chi connectivity index (χ2v) is 10.2. The second kappa shape index (κ2) is 11.3. The van der Waals surface area contributed by atoms with Crippen LogP contribution in [0.5, 0.6) is 0 Å². The Hall–Kier alpha value is -2.19. The molecule has 1 amide bonds. The molecule has 0 aromatic heterocycles. The number of nitrogens with one attached hydrogen (secondary N) is 1. The molecule has 2 aromatic rings. The van der Waals surface area contributed by atoms with Crippen LogP contribution in [0.3, 0.4) is 0 Å². The van der Waals surface area contributed by atoms with E-state index in [-0.39, 0.29) is 13.0 Å². The van der Waals surface area contributed by atoms with Crippen LogP contribution in [-0.4, -0.2) is 37.4 Å². The molecule has 0 saturated carbocycles. The summed E-state index contributed by atoms with van der Waals surface area (Å²) in [6.07, 6.45) is -0.764. The quantitative estimate of drug-likeness (QED) is 0.365. The lowest BCUT2D eigenvalue weighted by molar-refractivity contribution is -0.139. The van der Waals surface area contributed by atoms with E-state index in [1.54, 1.807) is 36.4 Å². The Morgan fingerprint density at radius 2 is 1.63 bits per heavy atom. The third kappa shape index (κ3) is 6.67. The van der Waals surface area contributed by atoms with E-state index in [0.29, 0.717) is 11.1 Å². The zero-order chi connectivity index (χ0) is 22.1. The Morgan fingerprint density at radius 3 is 2.17 bits per heavy atom. The summed E-state index contributed by atoms with van der Waals surface area (Å²) in [4.78, 5) is 23.5. The van der Waals surface area contributed by atoms with Gasteiger partial charge in [0.2, 0.25) is 0 Å². The van der Waals surface area contributed by atoms with Crippen LogP contribution in [0.2, 0.25) is 0 Å². The SMILES string of the molecule is COP(=O)(OC)C(Br)c1ccc(CC(NC(=O)OCc2ccccc2)C(=O)O)cc1. The van der Waals surface area contributed by atoms with Crippen LogP contribution in [0.25, 0.3) is 0 Å². The molecular weight excluding hydrogens is 477 g/mol. The molecule has 30 heavy (non-hydrogen) atoms. The van der Waals surface area contributed by atoms with Crippen molar-refractivity contribution in [2.75, 3.05) is 14.2 Å². The third-order valence-corrected chi connectivity index (χ3v) is 8.19. The number of benzene rings is 2. The molecular formula is C20H23BrNO7P. The lowest BCUT2D eigenvalue weighted by atomic mass is 10.0. The Labute approximate surface area is 183 Å². The summed E-state index contributed by atoms with van der Waals surface area (Å²) in [6.45, 7) is 0.0411. The van der Waals surface area contributed by atoms with Crippen molar-refractivity contribution in [3.05, 3.63) is 71.3 Å². The van der Waals surface area contributed by atoms with Crippen molar-refractivity contribution in [3.63, 3.8) is 0 Å². The first-order valence-electron chi connectivity index (χ1n) is 8.93. The van der Waals surface area contributed by atoms with Crippen molar-refractivity contribution in [3.8, 4) is 0 Å². The highest BCUT2D eigenvalue weighted by Gasteiger charge is 2.33. The molecule has 0 aliphatic carbocycles. The summed E-state index contributed by atoms with van der Waals surface area (Å²) >= 11 is 3.32. The molecule has 0 heterocycles. The fourth-order valence-electron chi connectivity index (χ4n) is 2.60. The van der Waals surface area contributed by atoms with Crippen LogP contribution >= 0.6 is 23.5 Å². The Balaban J connectivity index is 1.98. The van der Waals surface area contributed by atoms with Crippen molar-refractivity contribution in [2.24, 2.45) is 0 Å². The molecule has 8 nitrogen and oxygen atoms in total. The highest BCUT2D eigenvalue weighted by Crippen LogP contribution is 2.62. The molecule has 0 radical (unpaired) electrons. The second-order valence-electron chi connectivity index (χ2n) is 6.28. The predicted octanol–water partition coefficient (Wildman–Crippen LogP) is 4.49. The van der Waals surface area contributed by atoms with Crippen molar-refractivity contribution in [1.29, 1.82) is 0 Å². The van der Waals surface area contributed by atoms with Gasteiger partial charge in [-0.1, -0.05) is 70.5 Å². The molecule has 0 bridgehead atoms. The van der Waals surface area contributed by atoms with Gasteiger partial charge in [-0.25, -0.2) is 9.59 Å². The van der Waals surface area contributed by atoms with E-state index in [2.05, 4.69) is 21.2 Å². The zero-order valence-electron chi connectivity index (χ0n) is 16.5. The molecule has 162 valence electrons. The van der Waals surface area contributed by atoms with E-state index in [1.807, 2.05) is 18.2 Å². The van der Waals surface area contributed by atoms with E-state index in [4.69, 9.17) is 13.8 Å². The van der Waals surface area contributed by atoms with Crippen molar-refractivity contribution in [1.82, 2.24) is 5.32 Å². The number of hydrogen-bond acceptors (Lipinski definition) is 6. The fourth-order valence-corrected chi connectivity index (χ4v) is 4.96. The average molecular weight is 500 g/mol. The molecule has 0 aliphatic rings. The maximum atomic E-state index is 12.5. The van der Waals surface area contributed by atoms with Gasteiger partial charge < -0.3 is 24.2 Å². The Kier molecular flexibility index (Phi) is 9.05. The number of ether oxygens (including phenoxy) is 1. The number of carbonyl (C=O) groups excluding carboxylic acids is 1. The fraction of sp³-hybridized carbons (Fsp3) is 0.300. The number of carboxylic acid groups (broad SMARTS) is 1. The number of alkyl carbamates (subject to hydrolysis) is 1. The number of hydrogen-bond donors (Lipinski definition) is 2. The highest BCUT2D eigenvalue weighted by molar-refractivity contribution is 9.10. The van der Waals surface area contributed by atoms with E-state index < -0.39 is 30.3 Å². The molecule has 2 N–H and O–H groups in total. The van der Waals surface area contributed by atoms with Crippen LogP contribution < -0.4 is 5.32 Å². The molecule has 0 saturated heterocycles. The first kappa shape index (κ1) is 24.1. The van der Waals surface area contributed by atoms with Crippen LogP contribution in [0.4, 0.5) is 4.79 Å². The number of carboxylic acids is 1. The number of halogens is 1. The molecule has 2 rings (SSSR count). The monoisotopic (exact) mass is 499 g/mol. The molecule has 2 aromatic carbocycles. The highest BCUT2D eigenvalue weighted by atomic mass is 79.9. The minimum atomic E-state index is -3.36. The number of alkyl halides is 1. The molecule has 0 fully saturated rings. The van der Waals surface area contributed by atoms with E-state index in [0.717, 1.165) is 5.56 Å². The predicted molar refractivity (Wildman–Crippen MR) is 115 cm³/mol. The van der Waals surface area contributed by atoms with Gasteiger partial charge in [0.05, 0.1) is 0 Å². The summed E-state index contributed by atoms with van der Waals surface area (Å²) in [7, 11) is -0.758. The smallest absolute Gasteiger partial charge is 0.408 e. The normalized spacial score (nSPS) is 13.3. The minimum absolute atomic E-state index is 0.0411. The van der Waals surface area contributed by atoms with Crippen molar-refractivity contribution in [2.45, 2.75) is 23.6 Å². The number of rotatable bonds is 10. The van der Waals surface area contributed by atoms with Gasteiger partial charge in [-0.05, 0) is 16.7 Å². The summed E-state index contributed by atoms with van der Waals surface area (Å²) in [6, 6.07) is 14.7. The van der Waals surface area contributed by atoms with Crippen LogP contribution in [0.1, 0.15) is 21.3 Å². The van der Waals surface area contributed by atoms with Crippen LogP contribution in [0.15, 0.2) is 54.6 Å². The van der Waals surface area contributed by atoms with Gasteiger partial charge in [0.15, 0.2) is 0 Å². The van der Waals surface area contributed by atoms with Gasteiger partial charge >= 0.3 is 19.7 Å².